The van der Waals surface area contributed by atoms with Gasteiger partial charge in [0.05, 0.1) is 6.54 Å². The van der Waals surface area contributed by atoms with Crippen LogP contribution in [0.25, 0.3) is 10.9 Å². The Labute approximate surface area is 162 Å². The molecule has 1 amide bonds. The number of nitrogens with zero attached hydrogens (tertiary/aromatic N) is 2. The Hall–Kier alpha value is -3.15. The number of aromatic nitrogens is 1. The van der Waals surface area contributed by atoms with E-state index in [-0.39, 0.29) is 18.3 Å². The Morgan fingerprint density at radius 2 is 1.86 bits per heavy atom. The average Bonchev–Trinajstić information content (AvgIpc) is 3.25. The standard InChI is InChI=1S/C22H21FN2O3/c1-22(21(27)28)11-6-12-25(22)20(26)19-13-15-7-3-5-10-18(15)24(19)14-16-8-2-4-9-17(16)23/h2-5,7-10,13H,6,11-12,14H2,1H3,(H,27,28). The first-order chi connectivity index (χ1) is 13.4. The molecule has 3 aromatic rings. The highest BCUT2D eigenvalue weighted by atomic mass is 19.1. The van der Waals surface area contributed by atoms with Gasteiger partial charge in [0.1, 0.15) is 17.1 Å². The van der Waals surface area contributed by atoms with Crippen LogP contribution in [0.1, 0.15) is 35.8 Å². The minimum atomic E-state index is -1.23. The first-order valence-corrected chi connectivity index (χ1v) is 9.29. The smallest absolute Gasteiger partial charge is 0.329 e. The van der Waals surface area contributed by atoms with Gasteiger partial charge in [0, 0.05) is 23.0 Å². The Kier molecular flexibility index (Phi) is 4.41. The number of benzene rings is 2. The Bertz CT molecular complexity index is 1070. The number of hydrogen-bond donors (Lipinski definition) is 1. The number of carbonyl (C=O) groups excluding carboxylic acids is 1. The van der Waals surface area contributed by atoms with Crippen LogP contribution < -0.4 is 0 Å². The van der Waals surface area contributed by atoms with Gasteiger partial charge in [-0.05, 0) is 38.0 Å². The van der Waals surface area contributed by atoms with E-state index in [0.717, 1.165) is 10.9 Å². The zero-order valence-corrected chi connectivity index (χ0v) is 15.6. The minimum Gasteiger partial charge on any atom is -0.480 e. The zero-order chi connectivity index (χ0) is 19.9. The molecule has 1 unspecified atom stereocenters. The summed E-state index contributed by atoms with van der Waals surface area (Å²) < 4.78 is 16.0. The van der Waals surface area contributed by atoms with Gasteiger partial charge in [-0.1, -0.05) is 36.4 Å². The lowest BCUT2D eigenvalue weighted by molar-refractivity contribution is -0.147. The number of rotatable bonds is 4. The van der Waals surface area contributed by atoms with E-state index in [1.165, 1.54) is 11.0 Å². The molecular weight excluding hydrogens is 359 g/mol. The van der Waals surface area contributed by atoms with Crippen molar-refractivity contribution in [2.24, 2.45) is 0 Å². The van der Waals surface area contributed by atoms with Crippen molar-refractivity contribution in [1.82, 2.24) is 9.47 Å². The van der Waals surface area contributed by atoms with E-state index in [2.05, 4.69) is 0 Å². The summed E-state index contributed by atoms with van der Waals surface area (Å²) in [5, 5.41) is 10.5. The summed E-state index contributed by atoms with van der Waals surface area (Å²) in [6, 6.07) is 15.7. The second-order valence-corrected chi connectivity index (χ2v) is 7.41. The van der Waals surface area contributed by atoms with Crippen molar-refractivity contribution in [2.45, 2.75) is 31.8 Å². The second-order valence-electron chi connectivity index (χ2n) is 7.41. The van der Waals surface area contributed by atoms with Gasteiger partial charge in [0.2, 0.25) is 0 Å². The van der Waals surface area contributed by atoms with Gasteiger partial charge in [0.15, 0.2) is 0 Å². The first-order valence-electron chi connectivity index (χ1n) is 9.29. The molecule has 1 saturated heterocycles. The zero-order valence-electron chi connectivity index (χ0n) is 15.6. The molecule has 4 rings (SSSR count). The van der Waals surface area contributed by atoms with Crippen molar-refractivity contribution in [3.63, 3.8) is 0 Å². The predicted molar refractivity (Wildman–Crippen MR) is 104 cm³/mol. The molecule has 0 radical (unpaired) electrons. The van der Waals surface area contributed by atoms with E-state index in [1.54, 1.807) is 35.8 Å². The van der Waals surface area contributed by atoms with Crippen molar-refractivity contribution in [1.29, 1.82) is 0 Å². The van der Waals surface area contributed by atoms with Crippen LogP contribution in [-0.4, -0.2) is 38.5 Å². The number of hydrogen-bond acceptors (Lipinski definition) is 2. The van der Waals surface area contributed by atoms with Crippen LogP contribution in [0.2, 0.25) is 0 Å². The fraction of sp³-hybridized carbons (Fsp3) is 0.273. The molecule has 2 aromatic carbocycles. The molecule has 0 bridgehead atoms. The molecule has 1 N–H and O–H groups in total. The third-order valence-electron chi connectivity index (χ3n) is 5.66. The topological polar surface area (TPSA) is 62.5 Å². The number of carbonyl (C=O) groups is 2. The number of carboxylic acids is 1. The maximum atomic E-state index is 14.3. The molecule has 1 fully saturated rings. The number of amides is 1. The molecule has 1 aliphatic rings. The highest BCUT2D eigenvalue weighted by Gasteiger charge is 2.46. The van der Waals surface area contributed by atoms with Crippen LogP contribution in [0.15, 0.2) is 54.6 Å². The monoisotopic (exact) mass is 380 g/mol. The summed E-state index contributed by atoms with van der Waals surface area (Å²) in [7, 11) is 0. The van der Waals surface area contributed by atoms with E-state index in [1.807, 2.05) is 24.3 Å². The Balaban J connectivity index is 1.82. The molecule has 6 heteroatoms. The molecule has 5 nitrogen and oxygen atoms in total. The third kappa shape index (κ3) is 2.85. The lowest BCUT2D eigenvalue weighted by Crippen LogP contribution is -2.51. The number of likely N-dealkylation sites (tertiary alicyclic amines) is 1. The van der Waals surface area contributed by atoms with Crippen molar-refractivity contribution in [2.75, 3.05) is 6.54 Å². The van der Waals surface area contributed by atoms with Gasteiger partial charge in [-0.15, -0.1) is 0 Å². The molecule has 144 valence electrons. The number of aliphatic carboxylic acids is 1. The van der Waals surface area contributed by atoms with Crippen LogP contribution in [0.4, 0.5) is 4.39 Å². The molecule has 0 saturated carbocycles. The van der Waals surface area contributed by atoms with Crippen LogP contribution in [0.3, 0.4) is 0 Å². The molecule has 28 heavy (non-hydrogen) atoms. The maximum Gasteiger partial charge on any atom is 0.329 e. The van der Waals surface area contributed by atoms with E-state index in [4.69, 9.17) is 0 Å². The van der Waals surface area contributed by atoms with Gasteiger partial charge >= 0.3 is 5.97 Å². The summed E-state index contributed by atoms with van der Waals surface area (Å²) >= 11 is 0. The first kappa shape index (κ1) is 18.2. The molecule has 1 aromatic heterocycles. The fourth-order valence-corrected chi connectivity index (χ4v) is 4.00. The molecule has 2 heterocycles. The molecule has 1 aliphatic heterocycles. The Morgan fingerprint density at radius 1 is 1.14 bits per heavy atom. The van der Waals surface area contributed by atoms with E-state index < -0.39 is 11.5 Å². The number of fused-ring (bicyclic) bond motifs is 1. The number of para-hydroxylation sites is 1. The summed E-state index contributed by atoms with van der Waals surface area (Å²) in [5.74, 6) is -1.68. The molecule has 0 spiro atoms. The molecule has 0 aliphatic carbocycles. The summed E-state index contributed by atoms with van der Waals surface area (Å²) in [4.78, 5) is 26.6. The van der Waals surface area contributed by atoms with Gasteiger partial charge in [-0.2, -0.15) is 0 Å². The highest BCUT2D eigenvalue weighted by molar-refractivity contribution is 6.01. The van der Waals surface area contributed by atoms with Crippen molar-refractivity contribution < 1.29 is 19.1 Å². The van der Waals surface area contributed by atoms with E-state index in [0.29, 0.717) is 30.6 Å². The summed E-state index contributed by atoms with van der Waals surface area (Å²) in [6.07, 6.45) is 1.06. The number of carboxylic acid groups (broad SMARTS) is 1. The lowest BCUT2D eigenvalue weighted by atomic mass is 9.99. The minimum absolute atomic E-state index is 0.193. The van der Waals surface area contributed by atoms with Gasteiger partial charge in [-0.25, -0.2) is 9.18 Å². The highest BCUT2D eigenvalue weighted by Crippen LogP contribution is 2.32. The molecular formula is C22H21FN2O3. The molecule has 1 atom stereocenters. The van der Waals surface area contributed by atoms with Crippen molar-refractivity contribution >= 4 is 22.8 Å². The van der Waals surface area contributed by atoms with Crippen LogP contribution >= 0.6 is 0 Å². The predicted octanol–water partition coefficient (Wildman–Crippen LogP) is 3.91. The van der Waals surface area contributed by atoms with Crippen LogP contribution in [0, 0.1) is 5.82 Å². The summed E-state index contributed by atoms with van der Waals surface area (Å²) in [5.41, 5.74) is 0.431. The van der Waals surface area contributed by atoms with Gasteiger partial charge in [0.25, 0.3) is 5.91 Å². The van der Waals surface area contributed by atoms with Gasteiger partial charge in [-0.3, -0.25) is 4.79 Å². The van der Waals surface area contributed by atoms with Crippen molar-refractivity contribution in [3.05, 3.63) is 71.7 Å². The van der Waals surface area contributed by atoms with Crippen molar-refractivity contribution in [3.8, 4) is 0 Å². The number of halogens is 1. The van der Waals surface area contributed by atoms with Crippen LogP contribution in [0.5, 0.6) is 0 Å². The fourth-order valence-electron chi connectivity index (χ4n) is 4.00. The Morgan fingerprint density at radius 3 is 2.61 bits per heavy atom. The normalized spacial score (nSPS) is 19.3. The largest absolute Gasteiger partial charge is 0.480 e. The third-order valence-corrected chi connectivity index (χ3v) is 5.66. The average molecular weight is 380 g/mol. The van der Waals surface area contributed by atoms with E-state index in [9.17, 15) is 19.1 Å². The lowest BCUT2D eigenvalue weighted by Gasteiger charge is -2.31. The second kappa shape index (κ2) is 6.78. The van der Waals surface area contributed by atoms with E-state index >= 15 is 0 Å². The maximum absolute atomic E-state index is 14.3. The van der Waals surface area contributed by atoms with Gasteiger partial charge < -0.3 is 14.6 Å². The quantitative estimate of drug-likeness (QED) is 0.747. The van der Waals surface area contributed by atoms with Crippen LogP contribution in [-0.2, 0) is 11.3 Å². The SMILES string of the molecule is CC1(C(=O)O)CCCN1C(=O)c1cc2ccccc2n1Cc1ccccc1F. The summed E-state index contributed by atoms with van der Waals surface area (Å²) in [6.45, 7) is 2.17.